The van der Waals surface area contributed by atoms with Crippen LogP contribution in [0.25, 0.3) is 0 Å². The van der Waals surface area contributed by atoms with Gasteiger partial charge in [0.05, 0.1) is 0 Å². The van der Waals surface area contributed by atoms with Crippen LogP contribution in [0.2, 0.25) is 0 Å². The molecule has 0 unspecified atom stereocenters. The predicted molar refractivity (Wildman–Crippen MR) is 52.2 cm³/mol. The lowest BCUT2D eigenvalue weighted by Crippen LogP contribution is -2.14. The highest BCUT2D eigenvalue weighted by Crippen LogP contribution is 2.23. The van der Waals surface area contributed by atoms with E-state index in [1.54, 1.807) is 6.07 Å². The highest BCUT2D eigenvalue weighted by Gasteiger charge is 2.14. The number of hydrogen-bond donors (Lipinski definition) is 1. The van der Waals surface area contributed by atoms with Crippen LogP contribution in [0.15, 0.2) is 18.2 Å². The van der Waals surface area contributed by atoms with Gasteiger partial charge in [-0.3, -0.25) is 0 Å². The minimum absolute atomic E-state index is 0.430. The second-order valence-electron chi connectivity index (χ2n) is 3.75. The first kappa shape index (κ1) is 9.44. The zero-order chi connectivity index (χ0) is 9.97. The maximum Gasteiger partial charge on any atom is 0.160 e. The second-order valence-corrected chi connectivity index (χ2v) is 3.75. The van der Waals surface area contributed by atoms with Crippen LogP contribution in [-0.4, -0.2) is 6.04 Å². The van der Waals surface area contributed by atoms with Crippen molar-refractivity contribution in [3.05, 3.63) is 29.8 Å². The van der Waals surface area contributed by atoms with Gasteiger partial charge in [-0.15, -0.1) is 0 Å². The van der Waals surface area contributed by atoms with Gasteiger partial charge in [-0.25, -0.2) is 8.78 Å². The second kappa shape index (κ2) is 3.95. The largest absolute Gasteiger partial charge is 0.382 e. The van der Waals surface area contributed by atoms with Gasteiger partial charge >= 0.3 is 0 Å². The molecular weight excluding hydrogens is 184 g/mol. The van der Waals surface area contributed by atoms with Crippen LogP contribution in [0.4, 0.5) is 14.5 Å². The normalized spacial score (nSPS) is 17.3. The molecule has 0 aromatic heterocycles. The third-order valence-electron chi connectivity index (χ3n) is 2.65. The Kier molecular flexibility index (Phi) is 2.66. The van der Waals surface area contributed by atoms with E-state index in [4.69, 9.17) is 0 Å². The first-order valence-corrected chi connectivity index (χ1v) is 4.97. The predicted octanol–water partition coefficient (Wildman–Crippen LogP) is 3.32. The van der Waals surface area contributed by atoms with E-state index in [0.717, 1.165) is 18.9 Å². The smallest absolute Gasteiger partial charge is 0.160 e. The number of anilines is 1. The van der Waals surface area contributed by atoms with Crippen molar-refractivity contribution in [1.29, 1.82) is 0 Å². The Morgan fingerprint density at radius 3 is 2.43 bits per heavy atom. The fourth-order valence-corrected chi connectivity index (χ4v) is 1.89. The molecule has 1 fully saturated rings. The summed E-state index contributed by atoms with van der Waals surface area (Å²) in [6.07, 6.45) is 4.70. The maximum atomic E-state index is 12.8. The highest BCUT2D eigenvalue weighted by molar-refractivity contribution is 5.44. The molecule has 0 heterocycles. The molecule has 1 aromatic rings. The summed E-state index contributed by atoms with van der Waals surface area (Å²) >= 11 is 0. The topological polar surface area (TPSA) is 12.0 Å². The zero-order valence-electron chi connectivity index (χ0n) is 7.89. The van der Waals surface area contributed by atoms with Crippen LogP contribution in [0.1, 0.15) is 25.7 Å². The Bertz CT molecular complexity index is 319. The molecule has 0 spiro atoms. The van der Waals surface area contributed by atoms with Gasteiger partial charge in [0.25, 0.3) is 0 Å². The Morgan fingerprint density at radius 1 is 1.07 bits per heavy atom. The number of hydrogen-bond acceptors (Lipinski definition) is 1. The van der Waals surface area contributed by atoms with Gasteiger partial charge in [0, 0.05) is 17.8 Å². The average molecular weight is 197 g/mol. The van der Waals surface area contributed by atoms with Crippen LogP contribution >= 0.6 is 0 Å². The third-order valence-corrected chi connectivity index (χ3v) is 2.65. The van der Waals surface area contributed by atoms with Crippen molar-refractivity contribution in [2.24, 2.45) is 0 Å². The fourth-order valence-electron chi connectivity index (χ4n) is 1.89. The molecule has 0 saturated heterocycles. The summed E-state index contributed by atoms with van der Waals surface area (Å²) in [6.45, 7) is 0. The molecule has 1 aliphatic rings. The monoisotopic (exact) mass is 197 g/mol. The van der Waals surface area contributed by atoms with Gasteiger partial charge in [0.2, 0.25) is 0 Å². The van der Waals surface area contributed by atoms with Gasteiger partial charge in [-0.1, -0.05) is 12.8 Å². The summed E-state index contributed by atoms with van der Waals surface area (Å²) in [6, 6.07) is 4.39. The molecule has 1 aromatic carbocycles. The molecule has 0 aliphatic heterocycles. The van der Waals surface area contributed by atoms with Crippen molar-refractivity contribution in [3.8, 4) is 0 Å². The van der Waals surface area contributed by atoms with Crippen molar-refractivity contribution >= 4 is 5.69 Å². The van der Waals surface area contributed by atoms with Gasteiger partial charge in [-0.2, -0.15) is 0 Å². The zero-order valence-corrected chi connectivity index (χ0v) is 7.89. The number of halogens is 2. The SMILES string of the molecule is Fc1ccc(NC2CCCC2)cc1F. The summed E-state index contributed by atoms with van der Waals surface area (Å²) in [5.74, 6) is -1.57. The molecule has 0 radical (unpaired) electrons. The summed E-state index contributed by atoms with van der Waals surface area (Å²) in [7, 11) is 0. The quantitative estimate of drug-likeness (QED) is 0.766. The van der Waals surface area contributed by atoms with Crippen molar-refractivity contribution in [2.45, 2.75) is 31.7 Å². The molecule has 1 N–H and O–H groups in total. The molecule has 0 amide bonds. The molecule has 2 rings (SSSR count). The summed E-state index contributed by atoms with van der Waals surface area (Å²) < 4.78 is 25.4. The maximum absolute atomic E-state index is 12.8. The third kappa shape index (κ3) is 2.03. The van der Waals surface area contributed by atoms with Gasteiger partial charge < -0.3 is 5.32 Å². The van der Waals surface area contributed by atoms with Crippen LogP contribution < -0.4 is 5.32 Å². The lowest BCUT2D eigenvalue weighted by Gasteiger charge is -2.13. The first-order chi connectivity index (χ1) is 6.75. The Hall–Kier alpha value is -1.12. The number of rotatable bonds is 2. The van der Waals surface area contributed by atoms with E-state index in [9.17, 15) is 8.78 Å². The van der Waals surface area contributed by atoms with Gasteiger partial charge in [-0.05, 0) is 25.0 Å². The van der Waals surface area contributed by atoms with E-state index in [1.165, 1.54) is 18.9 Å². The number of benzene rings is 1. The van der Waals surface area contributed by atoms with Crippen molar-refractivity contribution in [1.82, 2.24) is 0 Å². The van der Waals surface area contributed by atoms with E-state index in [0.29, 0.717) is 11.7 Å². The molecule has 1 saturated carbocycles. The van der Waals surface area contributed by atoms with Crippen LogP contribution in [-0.2, 0) is 0 Å². The first-order valence-electron chi connectivity index (χ1n) is 4.97. The van der Waals surface area contributed by atoms with Gasteiger partial charge in [0.15, 0.2) is 11.6 Å². The van der Waals surface area contributed by atoms with Crippen LogP contribution in [0, 0.1) is 11.6 Å². The van der Waals surface area contributed by atoms with E-state index < -0.39 is 11.6 Å². The molecule has 14 heavy (non-hydrogen) atoms. The Morgan fingerprint density at radius 2 is 1.79 bits per heavy atom. The van der Waals surface area contributed by atoms with Gasteiger partial charge in [0.1, 0.15) is 0 Å². The molecular formula is C11H13F2N. The van der Waals surface area contributed by atoms with Crippen molar-refractivity contribution < 1.29 is 8.78 Å². The molecule has 1 nitrogen and oxygen atoms in total. The molecule has 3 heteroatoms. The average Bonchev–Trinajstić information content (AvgIpc) is 2.64. The standard InChI is InChI=1S/C11H13F2N/c12-10-6-5-9(7-11(10)13)14-8-3-1-2-4-8/h5-8,14H,1-4H2. The molecule has 0 atom stereocenters. The van der Waals surface area contributed by atoms with Crippen LogP contribution in [0.5, 0.6) is 0 Å². The summed E-state index contributed by atoms with van der Waals surface area (Å²) in [4.78, 5) is 0. The fraction of sp³-hybridized carbons (Fsp3) is 0.455. The summed E-state index contributed by atoms with van der Waals surface area (Å²) in [5, 5.41) is 3.20. The molecule has 1 aliphatic carbocycles. The van der Waals surface area contributed by atoms with Crippen molar-refractivity contribution in [2.75, 3.05) is 5.32 Å². The Labute approximate surface area is 82.1 Å². The van der Waals surface area contributed by atoms with E-state index in [-0.39, 0.29) is 0 Å². The van der Waals surface area contributed by atoms with E-state index >= 15 is 0 Å². The number of nitrogens with one attached hydrogen (secondary N) is 1. The lowest BCUT2D eigenvalue weighted by molar-refractivity contribution is 0.509. The van der Waals surface area contributed by atoms with Crippen LogP contribution in [0.3, 0.4) is 0 Å². The molecule has 76 valence electrons. The summed E-state index contributed by atoms with van der Waals surface area (Å²) in [5.41, 5.74) is 0.677. The van der Waals surface area contributed by atoms with E-state index in [2.05, 4.69) is 5.32 Å². The highest BCUT2D eigenvalue weighted by atomic mass is 19.2. The molecule has 0 bridgehead atoms. The lowest BCUT2D eigenvalue weighted by atomic mass is 10.2. The minimum Gasteiger partial charge on any atom is -0.382 e. The Balaban J connectivity index is 2.05. The minimum atomic E-state index is -0.790. The van der Waals surface area contributed by atoms with Crippen molar-refractivity contribution in [3.63, 3.8) is 0 Å². The van der Waals surface area contributed by atoms with E-state index in [1.807, 2.05) is 0 Å².